The summed E-state index contributed by atoms with van der Waals surface area (Å²) in [6.07, 6.45) is -2.20. The Morgan fingerprint density at radius 1 is 1.03 bits per heavy atom. The lowest BCUT2D eigenvalue weighted by molar-refractivity contribution is -0.148. The molecule has 3 N–H and O–H groups in total. The van der Waals surface area contributed by atoms with Crippen LogP contribution in [-0.4, -0.2) is 59.3 Å². The number of hydrogen-bond acceptors (Lipinski definition) is 7. The summed E-state index contributed by atoms with van der Waals surface area (Å²) < 4.78 is 15.6. The van der Waals surface area contributed by atoms with Crippen LogP contribution in [0, 0.1) is 11.8 Å². The summed E-state index contributed by atoms with van der Waals surface area (Å²) in [4.78, 5) is 36.7. The summed E-state index contributed by atoms with van der Waals surface area (Å²) in [7, 11) is 0. The Labute approximate surface area is 172 Å². The number of alkyl carbamates (subject to hydrolysis) is 2. The van der Waals surface area contributed by atoms with E-state index in [-0.39, 0.29) is 13.0 Å². The van der Waals surface area contributed by atoms with Gasteiger partial charge in [-0.15, -0.1) is 0 Å². The molecule has 1 unspecified atom stereocenters. The van der Waals surface area contributed by atoms with Crippen LogP contribution in [0.2, 0.25) is 0 Å². The van der Waals surface area contributed by atoms with Gasteiger partial charge in [0.05, 0.1) is 24.7 Å². The van der Waals surface area contributed by atoms with Crippen molar-refractivity contribution in [2.75, 3.05) is 6.61 Å². The number of esters is 1. The van der Waals surface area contributed by atoms with Crippen molar-refractivity contribution in [3.63, 3.8) is 0 Å². The highest BCUT2D eigenvalue weighted by molar-refractivity contribution is 5.76. The molecule has 0 radical (unpaired) electrons. The van der Waals surface area contributed by atoms with Crippen LogP contribution in [0.3, 0.4) is 0 Å². The fourth-order valence-corrected chi connectivity index (χ4v) is 3.31. The molecule has 0 aliphatic heterocycles. The van der Waals surface area contributed by atoms with Crippen LogP contribution in [0.15, 0.2) is 0 Å². The Bertz CT molecular complexity index is 595. The fourth-order valence-electron chi connectivity index (χ4n) is 3.31. The Morgan fingerprint density at radius 3 is 2.03 bits per heavy atom. The number of carbonyl (C=O) groups excluding carboxylic acids is 3. The van der Waals surface area contributed by atoms with E-state index >= 15 is 0 Å². The highest BCUT2D eigenvalue weighted by Crippen LogP contribution is 2.35. The third-order valence-corrected chi connectivity index (χ3v) is 4.43. The fraction of sp³-hybridized carbons (Fsp3) is 0.850. The van der Waals surface area contributed by atoms with Gasteiger partial charge in [0.15, 0.2) is 0 Å². The quantitative estimate of drug-likeness (QED) is 0.464. The number of aliphatic hydroxyl groups excluding tert-OH is 1. The molecule has 1 fully saturated rings. The largest absolute Gasteiger partial charge is 0.466 e. The van der Waals surface area contributed by atoms with E-state index in [0.29, 0.717) is 0 Å². The molecule has 1 rings (SSSR count). The lowest BCUT2D eigenvalue weighted by atomic mass is 9.96. The molecular formula is C20H36N2O7. The first-order chi connectivity index (χ1) is 13.1. The van der Waals surface area contributed by atoms with Crippen LogP contribution < -0.4 is 10.6 Å². The lowest BCUT2D eigenvalue weighted by Crippen LogP contribution is -2.50. The zero-order chi connectivity index (χ0) is 22.6. The standard InChI is InChI=1S/C20H36N2O7/c1-9-27-16(24)13-10-12(11(2)21-17(25)28-19(3,4)5)15(23)14(13)22-18(26)29-20(6,7)8/h11-15,23H,9-10H2,1-8H3,(H,21,25)(H,22,26)/t11-,12?,13-,14-,15-/m1/s1. The summed E-state index contributed by atoms with van der Waals surface area (Å²) >= 11 is 0. The summed E-state index contributed by atoms with van der Waals surface area (Å²) in [5, 5.41) is 16.1. The Balaban J connectivity index is 2.92. The molecule has 168 valence electrons. The molecule has 0 aromatic heterocycles. The van der Waals surface area contributed by atoms with E-state index in [1.807, 2.05) is 0 Å². The average molecular weight is 417 g/mol. The molecule has 1 saturated carbocycles. The molecule has 5 atom stereocenters. The first-order valence-electron chi connectivity index (χ1n) is 9.98. The predicted octanol–water partition coefficient (Wildman–Crippen LogP) is 2.35. The minimum absolute atomic E-state index is 0.182. The van der Waals surface area contributed by atoms with Crippen LogP contribution >= 0.6 is 0 Å². The molecule has 1 aliphatic rings. The van der Waals surface area contributed by atoms with Gasteiger partial charge in [-0.05, 0) is 61.8 Å². The van der Waals surface area contributed by atoms with Gasteiger partial charge in [0.2, 0.25) is 0 Å². The molecular weight excluding hydrogens is 380 g/mol. The van der Waals surface area contributed by atoms with Crippen LogP contribution in [-0.2, 0) is 19.0 Å². The Kier molecular flexibility index (Phi) is 8.32. The van der Waals surface area contributed by atoms with Crippen LogP contribution in [0.5, 0.6) is 0 Å². The second-order valence-electron chi connectivity index (χ2n) is 9.36. The van der Waals surface area contributed by atoms with Crippen molar-refractivity contribution in [2.45, 2.75) is 91.2 Å². The van der Waals surface area contributed by atoms with Gasteiger partial charge in [-0.1, -0.05) is 0 Å². The maximum absolute atomic E-state index is 12.4. The van der Waals surface area contributed by atoms with Crippen molar-refractivity contribution in [1.82, 2.24) is 10.6 Å². The molecule has 0 bridgehead atoms. The van der Waals surface area contributed by atoms with Crippen molar-refractivity contribution in [3.05, 3.63) is 0 Å². The van der Waals surface area contributed by atoms with Crippen LogP contribution in [0.1, 0.15) is 61.8 Å². The SMILES string of the molecule is CCOC(=O)[C@@H]1CC([C@@H](C)NC(=O)OC(C)(C)C)[C@@H](O)[C@@H]1NC(=O)OC(C)(C)C. The predicted molar refractivity (Wildman–Crippen MR) is 106 cm³/mol. The molecule has 0 aromatic carbocycles. The number of amides is 2. The first-order valence-corrected chi connectivity index (χ1v) is 9.98. The summed E-state index contributed by atoms with van der Waals surface area (Å²) in [5.74, 6) is -1.76. The maximum atomic E-state index is 12.4. The topological polar surface area (TPSA) is 123 Å². The van der Waals surface area contributed by atoms with Gasteiger partial charge >= 0.3 is 18.2 Å². The average Bonchev–Trinajstić information content (AvgIpc) is 2.81. The third kappa shape index (κ3) is 8.08. The Morgan fingerprint density at radius 2 is 1.55 bits per heavy atom. The molecule has 29 heavy (non-hydrogen) atoms. The van der Waals surface area contributed by atoms with Gasteiger partial charge in [-0.2, -0.15) is 0 Å². The molecule has 2 amide bonds. The van der Waals surface area contributed by atoms with Gasteiger partial charge in [-0.3, -0.25) is 4.79 Å². The van der Waals surface area contributed by atoms with E-state index in [2.05, 4.69) is 10.6 Å². The van der Waals surface area contributed by atoms with Crippen LogP contribution in [0.4, 0.5) is 9.59 Å². The smallest absolute Gasteiger partial charge is 0.407 e. The van der Waals surface area contributed by atoms with Gasteiger partial charge in [0.1, 0.15) is 11.2 Å². The number of rotatable bonds is 5. The van der Waals surface area contributed by atoms with E-state index < -0.39 is 59.4 Å². The van der Waals surface area contributed by atoms with Gasteiger partial charge < -0.3 is 30.0 Å². The number of aliphatic hydroxyl groups is 1. The van der Waals surface area contributed by atoms with Gasteiger partial charge in [-0.25, -0.2) is 9.59 Å². The maximum Gasteiger partial charge on any atom is 0.407 e. The zero-order valence-corrected chi connectivity index (χ0v) is 18.7. The van der Waals surface area contributed by atoms with Crippen molar-refractivity contribution in [2.24, 2.45) is 11.8 Å². The minimum Gasteiger partial charge on any atom is -0.466 e. The summed E-state index contributed by atoms with van der Waals surface area (Å²) in [5.41, 5.74) is -1.38. The van der Waals surface area contributed by atoms with Gasteiger partial charge in [0.25, 0.3) is 0 Å². The number of ether oxygens (including phenoxy) is 3. The molecule has 0 aromatic rings. The molecule has 0 saturated heterocycles. The molecule has 9 nitrogen and oxygen atoms in total. The first kappa shape index (κ1) is 25.0. The zero-order valence-electron chi connectivity index (χ0n) is 18.7. The molecule has 9 heteroatoms. The van der Waals surface area contributed by atoms with Crippen molar-refractivity contribution in [1.29, 1.82) is 0 Å². The second kappa shape index (κ2) is 9.65. The van der Waals surface area contributed by atoms with Crippen LogP contribution in [0.25, 0.3) is 0 Å². The van der Waals surface area contributed by atoms with E-state index in [0.717, 1.165) is 0 Å². The second-order valence-corrected chi connectivity index (χ2v) is 9.36. The lowest BCUT2D eigenvalue weighted by Gasteiger charge is -2.28. The van der Waals surface area contributed by atoms with E-state index in [1.54, 1.807) is 55.4 Å². The van der Waals surface area contributed by atoms with E-state index in [4.69, 9.17) is 14.2 Å². The summed E-state index contributed by atoms with van der Waals surface area (Å²) in [6, 6.07) is -1.39. The van der Waals surface area contributed by atoms with Crippen molar-refractivity contribution in [3.8, 4) is 0 Å². The van der Waals surface area contributed by atoms with Crippen molar-refractivity contribution >= 4 is 18.2 Å². The number of nitrogens with one attached hydrogen (secondary N) is 2. The summed E-state index contributed by atoms with van der Waals surface area (Å²) in [6.45, 7) is 14.0. The Hall–Kier alpha value is -2.03. The third-order valence-electron chi connectivity index (χ3n) is 4.43. The monoisotopic (exact) mass is 416 g/mol. The van der Waals surface area contributed by atoms with Gasteiger partial charge in [0, 0.05) is 12.0 Å². The van der Waals surface area contributed by atoms with E-state index in [1.165, 1.54) is 0 Å². The minimum atomic E-state index is -1.08. The van der Waals surface area contributed by atoms with Crippen molar-refractivity contribution < 1.29 is 33.7 Å². The molecule has 0 heterocycles. The van der Waals surface area contributed by atoms with E-state index in [9.17, 15) is 19.5 Å². The molecule has 0 spiro atoms. The highest BCUT2D eigenvalue weighted by atomic mass is 16.6. The number of hydrogen-bond donors (Lipinski definition) is 3. The molecule has 1 aliphatic carbocycles. The highest BCUT2D eigenvalue weighted by Gasteiger charge is 2.49. The normalized spacial score (nSPS) is 25.7. The number of carbonyl (C=O) groups is 3.